The Morgan fingerprint density at radius 1 is 0.979 bits per heavy atom. The standard InChI is InChI=1S/C34H30F3N5O5/c1-18-22(28-24(35)4-5-25(36)29(28)37)13-26-32(44)42(18)6-8-47-10-9-46-7-2-3-19-11-23-30(39-16-19)41-33(45)34(23)14-20-12-21(31(43)40-26)17-38-27(20)15-34/h2-5,11-12,16-18,22H,6-10,13-15H2,1H3,(H,39,41,45)/b3-2+,40-26?/t18-,22-,34+/m1/s1. The van der Waals surface area contributed by atoms with Crippen LogP contribution in [0, 0.1) is 17.5 Å². The first-order valence-electron chi connectivity index (χ1n) is 15.3. The van der Waals surface area contributed by atoms with Gasteiger partial charge in [0.25, 0.3) is 11.8 Å². The molecule has 0 radical (unpaired) electrons. The molecule has 5 heterocycles. The summed E-state index contributed by atoms with van der Waals surface area (Å²) in [6.45, 7) is 2.47. The van der Waals surface area contributed by atoms with E-state index in [0.717, 1.165) is 17.2 Å². The molecule has 1 saturated heterocycles. The number of amides is 3. The number of halogens is 3. The lowest BCUT2D eigenvalue weighted by Crippen LogP contribution is -2.52. The van der Waals surface area contributed by atoms with Crippen LogP contribution in [-0.4, -0.2) is 77.3 Å². The van der Waals surface area contributed by atoms with Crippen molar-refractivity contribution in [2.75, 3.05) is 38.3 Å². The summed E-state index contributed by atoms with van der Waals surface area (Å²) >= 11 is 0. The molecule has 2 aromatic heterocycles. The predicted molar refractivity (Wildman–Crippen MR) is 163 cm³/mol. The zero-order valence-corrected chi connectivity index (χ0v) is 25.4. The van der Waals surface area contributed by atoms with Crippen molar-refractivity contribution in [2.24, 2.45) is 4.99 Å². The van der Waals surface area contributed by atoms with Crippen LogP contribution >= 0.6 is 0 Å². The van der Waals surface area contributed by atoms with Crippen molar-refractivity contribution in [3.63, 3.8) is 0 Å². The molecule has 242 valence electrons. The molecule has 3 aliphatic heterocycles. The number of fused-ring (bicyclic) bond motifs is 4. The third-order valence-corrected chi connectivity index (χ3v) is 9.41. The van der Waals surface area contributed by atoms with Crippen LogP contribution in [0.3, 0.4) is 0 Å². The van der Waals surface area contributed by atoms with E-state index in [1.54, 1.807) is 19.2 Å². The van der Waals surface area contributed by atoms with Crippen LogP contribution < -0.4 is 5.32 Å². The Kier molecular flexibility index (Phi) is 7.96. The Bertz CT molecular complexity index is 1880. The number of anilines is 1. The fourth-order valence-electron chi connectivity index (χ4n) is 6.94. The van der Waals surface area contributed by atoms with Crippen LogP contribution in [0.2, 0.25) is 0 Å². The summed E-state index contributed by atoms with van der Waals surface area (Å²) in [5.41, 5.74) is 1.25. The van der Waals surface area contributed by atoms with Crippen molar-refractivity contribution in [3.8, 4) is 0 Å². The molecule has 1 spiro atoms. The van der Waals surface area contributed by atoms with E-state index in [2.05, 4.69) is 20.3 Å². The molecule has 3 amide bonds. The van der Waals surface area contributed by atoms with Crippen molar-refractivity contribution < 1.29 is 37.0 Å². The fraction of sp³-hybridized carbons (Fsp3) is 0.353. The van der Waals surface area contributed by atoms with Gasteiger partial charge in [0.05, 0.1) is 37.4 Å². The molecular formula is C34H30F3N5O5. The number of rotatable bonds is 1. The van der Waals surface area contributed by atoms with Crippen LogP contribution in [0.25, 0.3) is 6.08 Å². The van der Waals surface area contributed by atoms with Crippen molar-refractivity contribution in [3.05, 3.63) is 93.7 Å². The number of carbonyl (C=O) groups is 3. The number of hydrogen-bond acceptors (Lipinski definition) is 7. The Morgan fingerprint density at radius 3 is 2.64 bits per heavy atom. The number of hydrogen-bond donors (Lipinski definition) is 1. The maximum Gasteiger partial charge on any atom is 0.278 e. The van der Waals surface area contributed by atoms with Gasteiger partial charge in [-0.2, -0.15) is 0 Å². The number of pyridine rings is 2. The van der Waals surface area contributed by atoms with Gasteiger partial charge in [0.1, 0.15) is 17.3 Å². The maximum absolute atomic E-state index is 15.0. The topological polar surface area (TPSA) is 123 Å². The lowest BCUT2D eigenvalue weighted by molar-refractivity contribution is -0.129. The van der Waals surface area contributed by atoms with E-state index < -0.39 is 52.2 Å². The minimum Gasteiger partial charge on any atom is -0.377 e. The highest BCUT2D eigenvalue weighted by atomic mass is 19.2. The van der Waals surface area contributed by atoms with E-state index in [0.29, 0.717) is 36.2 Å². The summed E-state index contributed by atoms with van der Waals surface area (Å²) in [5.74, 6) is -5.69. The van der Waals surface area contributed by atoms with E-state index in [4.69, 9.17) is 9.47 Å². The van der Waals surface area contributed by atoms with E-state index in [9.17, 15) is 23.2 Å². The molecule has 1 N–H and O–H groups in total. The number of aromatic nitrogens is 2. The first kappa shape index (κ1) is 30.9. The van der Waals surface area contributed by atoms with Crippen LogP contribution in [0.1, 0.15) is 57.6 Å². The Labute approximate surface area is 267 Å². The molecule has 10 nitrogen and oxygen atoms in total. The average Bonchev–Trinajstić information content (AvgIpc) is 3.57. The van der Waals surface area contributed by atoms with Crippen molar-refractivity contribution >= 4 is 35.3 Å². The third-order valence-electron chi connectivity index (χ3n) is 9.41. The summed E-state index contributed by atoms with van der Waals surface area (Å²) in [5, 5.41) is 2.87. The lowest BCUT2D eigenvalue weighted by atomic mass is 9.79. The number of piperidine rings is 1. The van der Waals surface area contributed by atoms with Gasteiger partial charge < -0.3 is 19.7 Å². The van der Waals surface area contributed by atoms with E-state index >= 15 is 4.39 Å². The molecule has 47 heavy (non-hydrogen) atoms. The minimum atomic E-state index is -1.35. The normalized spacial score (nSPS) is 25.2. The number of nitrogens with one attached hydrogen (secondary N) is 1. The summed E-state index contributed by atoms with van der Waals surface area (Å²) in [4.78, 5) is 55.0. The molecule has 1 aliphatic carbocycles. The largest absolute Gasteiger partial charge is 0.377 e. The quantitative estimate of drug-likeness (QED) is 0.398. The highest BCUT2D eigenvalue weighted by Crippen LogP contribution is 2.46. The maximum atomic E-state index is 15.0. The first-order valence-corrected chi connectivity index (χ1v) is 15.3. The van der Waals surface area contributed by atoms with Gasteiger partial charge in [-0.25, -0.2) is 23.1 Å². The monoisotopic (exact) mass is 645 g/mol. The highest BCUT2D eigenvalue weighted by molar-refractivity contribution is 6.41. The smallest absolute Gasteiger partial charge is 0.278 e. The minimum absolute atomic E-state index is 0.0258. The molecule has 7 bridgehead atoms. The molecule has 3 aromatic rings. The van der Waals surface area contributed by atoms with Crippen molar-refractivity contribution in [2.45, 2.75) is 43.6 Å². The van der Waals surface area contributed by atoms with Crippen LogP contribution in [0.4, 0.5) is 19.0 Å². The van der Waals surface area contributed by atoms with Gasteiger partial charge in [-0.1, -0.05) is 12.2 Å². The predicted octanol–water partition coefficient (Wildman–Crippen LogP) is 3.93. The summed E-state index contributed by atoms with van der Waals surface area (Å²) in [6, 6.07) is 4.29. The summed E-state index contributed by atoms with van der Waals surface area (Å²) < 4.78 is 55.6. The molecule has 4 aliphatic rings. The second-order valence-electron chi connectivity index (χ2n) is 12.1. The SMILES string of the molecule is C[C@@H]1[C@H](c2c(F)ccc(F)c2F)CC2=NC(=O)c3cnc4c(c3)C[C@@]3(C4)C(=O)Nc4ncc(cc43)/C=C/COCCOCCN1C2=O. The number of nitrogens with zero attached hydrogens (tertiary/aromatic N) is 4. The average molecular weight is 646 g/mol. The van der Waals surface area contributed by atoms with Crippen molar-refractivity contribution in [1.82, 2.24) is 14.9 Å². The fourth-order valence-corrected chi connectivity index (χ4v) is 6.94. The molecule has 13 heteroatoms. The molecule has 0 unspecified atom stereocenters. The van der Waals surface area contributed by atoms with Crippen LogP contribution in [0.5, 0.6) is 0 Å². The Morgan fingerprint density at radius 2 is 1.79 bits per heavy atom. The van der Waals surface area contributed by atoms with Gasteiger partial charge in [0.2, 0.25) is 5.91 Å². The van der Waals surface area contributed by atoms with Gasteiger partial charge in [0.15, 0.2) is 11.6 Å². The van der Waals surface area contributed by atoms with Crippen molar-refractivity contribution in [1.29, 1.82) is 0 Å². The van der Waals surface area contributed by atoms with Gasteiger partial charge >= 0.3 is 0 Å². The molecule has 1 fully saturated rings. The number of ether oxygens (including phenoxy) is 2. The van der Waals surface area contributed by atoms with Crippen LogP contribution in [-0.2, 0) is 37.3 Å². The molecular weight excluding hydrogens is 615 g/mol. The second kappa shape index (κ2) is 12.1. The van der Waals surface area contributed by atoms with Gasteiger partial charge in [-0.15, -0.1) is 0 Å². The van der Waals surface area contributed by atoms with E-state index in [1.807, 2.05) is 18.2 Å². The van der Waals surface area contributed by atoms with Gasteiger partial charge in [-0.3, -0.25) is 19.4 Å². The Balaban J connectivity index is 1.26. The molecule has 3 atom stereocenters. The molecule has 0 saturated carbocycles. The third kappa shape index (κ3) is 5.42. The summed E-state index contributed by atoms with van der Waals surface area (Å²) in [7, 11) is 0. The number of benzene rings is 1. The zero-order chi connectivity index (χ0) is 32.9. The van der Waals surface area contributed by atoms with Gasteiger partial charge in [0, 0.05) is 60.6 Å². The number of aliphatic imine (C=N–C) groups is 1. The van der Waals surface area contributed by atoms with Gasteiger partial charge in [-0.05, 0) is 48.7 Å². The molecule has 7 rings (SSSR count). The van der Waals surface area contributed by atoms with E-state index in [-0.39, 0.29) is 56.4 Å². The molecule has 1 aromatic carbocycles. The Hall–Kier alpha value is -4.75. The first-order chi connectivity index (χ1) is 22.7. The number of carbonyl (C=O) groups excluding carboxylic acids is 3. The summed E-state index contributed by atoms with van der Waals surface area (Å²) in [6.07, 6.45) is 6.98. The zero-order valence-electron chi connectivity index (χ0n) is 25.4. The van der Waals surface area contributed by atoms with Crippen LogP contribution in [0.15, 0.2) is 47.7 Å². The second-order valence-corrected chi connectivity index (χ2v) is 12.1. The highest BCUT2D eigenvalue weighted by Gasteiger charge is 2.52. The lowest BCUT2D eigenvalue weighted by Gasteiger charge is -2.40. The van der Waals surface area contributed by atoms with E-state index in [1.165, 1.54) is 11.1 Å².